The van der Waals surface area contributed by atoms with E-state index in [0.717, 1.165) is 13.1 Å². The summed E-state index contributed by atoms with van der Waals surface area (Å²) in [6.45, 7) is 12.0. The van der Waals surface area contributed by atoms with Crippen molar-refractivity contribution in [3.8, 4) is 0 Å². The van der Waals surface area contributed by atoms with E-state index in [4.69, 9.17) is 0 Å². The number of hydrogen-bond donors (Lipinski definition) is 0. The number of amides is 1. The smallest absolute Gasteiger partial charge is 0.220 e. The summed E-state index contributed by atoms with van der Waals surface area (Å²) < 4.78 is 0. The van der Waals surface area contributed by atoms with Gasteiger partial charge < -0.3 is 9.80 Å². The van der Waals surface area contributed by atoms with Crippen molar-refractivity contribution in [2.45, 2.75) is 46.7 Å². The average molecular weight is 260 g/mol. The highest BCUT2D eigenvalue weighted by molar-refractivity contribution is 5.74. The molecule has 1 unspecified atom stereocenters. The molecule has 104 valence electrons. The van der Waals surface area contributed by atoms with Crippen molar-refractivity contribution in [1.29, 1.82) is 0 Å². The third kappa shape index (κ3) is 2.91. The Morgan fingerprint density at radius 1 is 1.05 bits per heavy atom. The molecular formula is C16H24N2O. The van der Waals surface area contributed by atoms with E-state index < -0.39 is 0 Å². The van der Waals surface area contributed by atoms with Gasteiger partial charge in [-0.3, -0.25) is 4.79 Å². The van der Waals surface area contributed by atoms with Crippen molar-refractivity contribution in [3.63, 3.8) is 0 Å². The molecule has 0 radical (unpaired) electrons. The highest BCUT2D eigenvalue weighted by Gasteiger charge is 2.31. The van der Waals surface area contributed by atoms with Crippen molar-refractivity contribution in [2.24, 2.45) is 0 Å². The Bertz CT molecular complexity index is 451. The van der Waals surface area contributed by atoms with Crippen LogP contribution in [0.2, 0.25) is 0 Å². The summed E-state index contributed by atoms with van der Waals surface area (Å²) in [6, 6.07) is 7.19. The fraction of sp³-hybridized carbons (Fsp3) is 0.562. The molecule has 3 nitrogen and oxygen atoms in total. The van der Waals surface area contributed by atoms with E-state index in [1.54, 1.807) is 6.92 Å². The molecule has 0 aliphatic carbocycles. The zero-order chi connectivity index (χ0) is 14.2. The largest absolute Gasteiger partial charge is 0.367 e. The normalized spacial score (nSPS) is 23.6. The first-order valence-corrected chi connectivity index (χ1v) is 7.00. The minimum Gasteiger partial charge on any atom is -0.367 e. The zero-order valence-electron chi connectivity index (χ0n) is 12.6. The molecule has 1 saturated heterocycles. The molecule has 0 aromatic heterocycles. The minimum absolute atomic E-state index is 0.181. The van der Waals surface area contributed by atoms with E-state index in [2.05, 4.69) is 50.8 Å². The number of aryl methyl sites for hydroxylation is 2. The molecule has 0 saturated carbocycles. The van der Waals surface area contributed by atoms with E-state index in [1.165, 1.54) is 16.8 Å². The van der Waals surface area contributed by atoms with Gasteiger partial charge in [0, 0.05) is 37.8 Å². The lowest BCUT2D eigenvalue weighted by atomic mass is 10.1. The fourth-order valence-corrected chi connectivity index (χ4v) is 3.29. The van der Waals surface area contributed by atoms with Crippen molar-refractivity contribution < 1.29 is 4.79 Å². The number of rotatable bonds is 1. The molecule has 1 heterocycles. The maximum Gasteiger partial charge on any atom is 0.220 e. The van der Waals surface area contributed by atoms with Crippen LogP contribution in [0.15, 0.2) is 18.2 Å². The SMILES string of the molecule is CC(=O)N1C(C)CN(c2cc(C)cc(C)c2)C[C@H]1C. The van der Waals surface area contributed by atoms with Crippen LogP contribution in [0.4, 0.5) is 5.69 Å². The van der Waals surface area contributed by atoms with Crippen LogP contribution in [0.25, 0.3) is 0 Å². The summed E-state index contributed by atoms with van der Waals surface area (Å²) in [6.07, 6.45) is 0. The number of carbonyl (C=O) groups excluding carboxylic acids is 1. The number of benzene rings is 1. The molecule has 2 atom stereocenters. The lowest BCUT2D eigenvalue weighted by Gasteiger charge is -2.45. The number of anilines is 1. The summed E-state index contributed by atoms with van der Waals surface area (Å²) >= 11 is 0. The Labute approximate surface area is 116 Å². The Morgan fingerprint density at radius 2 is 1.53 bits per heavy atom. The zero-order valence-corrected chi connectivity index (χ0v) is 12.6. The van der Waals surface area contributed by atoms with Crippen LogP contribution in [0, 0.1) is 13.8 Å². The summed E-state index contributed by atoms with van der Waals surface area (Å²) in [5.74, 6) is 0.181. The molecule has 0 N–H and O–H groups in total. The van der Waals surface area contributed by atoms with E-state index in [0.29, 0.717) is 0 Å². The fourth-order valence-electron chi connectivity index (χ4n) is 3.29. The number of hydrogen-bond acceptors (Lipinski definition) is 2. The predicted octanol–water partition coefficient (Wildman–Crippen LogP) is 2.75. The van der Waals surface area contributed by atoms with Crippen LogP contribution in [0.1, 0.15) is 31.9 Å². The van der Waals surface area contributed by atoms with E-state index in [9.17, 15) is 4.79 Å². The highest BCUT2D eigenvalue weighted by Crippen LogP contribution is 2.24. The van der Waals surface area contributed by atoms with Crippen LogP contribution < -0.4 is 4.90 Å². The first-order valence-electron chi connectivity index (χ1n) is 7.00. The quantitative estimate of drug-likeness (QED) is 0.775. The van der Waals surface area contributed by atoms with Crippen LogP contribution in [0.5, 0.6) is 0 Å². The molecule has 0 bridgehead atoms. The van der Waals surface area contributed by atoms with Crippen LogP contribution in [-0.2, 0) is 4.79 Å². The van der Waals surface area contributed by atoms with E-state index >= 15 is 0 Å². The Morgan fingerprint density at radius 3 is 1.95 bits per heavy atom. The summed E-state index contributed by atoms with van der Waals surface area (Å²) in [7, 11) is 0. The number of nitrogens with zero attached hydrogens (tertiary/aromatic N) is 2. The number of piperazine rings is 1. The van der Waals surface area contributed by atoms with Gasteiger partial charge in [-0.15, -0.1) is 0 Å². The molecule has 1 aliphatic rings. The van der Waals surface area contributed by atoms with Crippen LogP contribution >= 0.6 is 0 Å². The van der Waals surface area contributed by atoms with Crippen molar-refractivity contribution >= 4 is 11.6 Å². The minimum atomic E-state index is 0.181. The van der Waals surface area contributed by atoms with Gasteiger partial charge >= 0.3 is 0 Å². The maximum atomic E-state index is 11.7. The topological polar surface area (TPSA) is 23.6 Å². The average Bonchev–Trinajstić information content (AvgIpc) is 2.25. The molecule has 1 aromatic carbocycles. The third-order valence-corrected chi connectivity index (χ3v) is 3.85. The van der Waals surface area contributed by atoms with Gasteiger partial charge in [0.15, 0.2) is 0 Å². The van der Waals surface area contributed by atoms with E-state index in [-0.39, 0.29) is 18.0 Å². The Hall–Kier alpha value is -1.51. The Kier molecular flexibility index (Phi) is 3.83. The predicted molar refractivity (Wildman–Crippen MR) is 79.6 cm³/mol. The lowest BCUT2D eigenvalue weighted by Crippen LogP contribution is -2.58. The van der Waals surface area contributed by atoms with Crippen LogP contribution in [0.3, 0.4) is 0 Å². The first-order chi connectivity index (χ1) is 8.88. The summed E-state index contributed by atoms with van der Waals surface area (Å²) in [5.41, 5.74) is 3.87. The molecule has 1 aliphatic heterocycles. The standard InChI is InChI=1S/C16H24N2O/c1-11-6-12(2)8-16(7-11)17-9-13(3)18(15(5)19)14(4)10-17/h6-8,13-14H,9-10H2,1-5H3/t13-,14?/m1/s1. The molecule has 1 fully saturated rings. The third-order valence-electron chi connectivity index (χ3n) is 3.85. The van der Waals surface area contributed by atoms with Gasteiger partial charge in [0.1, 0.15) is 0 Å². The van der Waals surface area contributed by atoms with Crippen LogP contribution in [-0.4, -0.2) is 36.0 Å². The van der Waals surface area contributed by atoms with Crippen molar-refractivity contribution in [2.75, 3.05) is 18.0 Å². The molecule has 1 aromatic rings. The van der Waals surface area contributed by atoms with Gasteiger partial charge in [0.05, 0.1) is 0 Å². The lowest BCUT2D eigenvalue weighted by molar-refractivity contribution is -0.133. The second-order valence-corrected chi connectivity index (χ2v) is 5.88. The molecule has 1 amide bonds. The molecule has 2 rings (SSSR count). The second-order valence-electron chi connectivity index (χ2n) is 5.88. The second kappa shape index (κ2) is 5.24. The summed E-state index contributed by atoms with van der Waals surface area (Å²) in [5, 5.41) is 0. The maximum absolute atomic E-state index is 11.7. The molecule has 19 heavy (non-hydrogen) atoms. The van der Waals surface area contributed by atoms with Gasteiger partial charge in [-0.05, 0) is 51.0 Å². The van der Waals surface area contributed by atoms with E-state index in [1.807, 2.05) is 4.90 Å². The molecule has 3 heteroatoms. The Balaban J connectivity index is 2.22. The van der Waals surface area contributed by atoms with Gasteiger partial charge in [0.25, 0.3) is 0 Å². The van der Waals surface area contributed by atoms with Gasteiger partial charge in [-0.2, -0.15) is 0 Å². The monoisotopic (exact) mass is 260 g/mol. The first kappa shape index (κ1) is 13.9. The number of carbonyl (C=O) groups is 1. The highest BCUT2D eigenvalue weighted by atomic mass is 16.2. The van der Waals surface area contributed by atoms with Gasteiger partial charge in [0.2, 0.25) is 5.91 Å². The summed E-state index contributed by atoms with van der Waals surface area (Å²) in [4.78, 5) is 16.1. The molecule has 0 spiro atoms. The van der Waals surface area contributed by atoms with Crippen molar-refractivity contribution in [3.05, 3.63) is 29.3 Å². The molecular weight excluding hydrogens is 236 g/mol. The van der Waals surface area contributed by atoms with Crippen molar-refractivity contribution in [1.82, 2.24) is 4.90 Å². The van der Waals surface area contributed by atoms with Gasteiger partial charge in [-0.25, -0.2) is 0 Å². The van der Waals surface area contributed by atoms with Gasteiger partial charge in [-0.1, -0.05) is 6.07 Å².